The average Bonchev–Trinajstić information content (AvgIpc) is 2.38. The van der Waals surface area contributed by atoms with E-state index in [1.165, 1.54) is 16.3 Å². The second-order valence-corrected chi connectivity index (χ2v) is 4.22. The van der Waals surface area contributed by atoms with E-state index in [1.54, 1.807) is 0 Å². The quantitative estimate of drug-likeness (QED) is 0.788. The molecule has 0 radical (unpaired) electrons. The Bertz CT molecular complexity index is 493. The fourth-order valence-corrected chi connectivity index (χ4v) is 2.04. The number of fused-ring (bicyclic) bond motifs is 1. The number of ether oxygens (including phenoxy) is 1. The summed E-state index contributed by atoms with van der Waals surface area (Å²) in [5.74, 6) is 0.993. The van der Waals surface area contributed by atoms with Crippen molar-refractivity contribution in [2.24, 2.45) is 0 Å². The number of hydrogen-bond acceptors (Lipinski definition) is 1. The lowest BCUT2D eigenvalue weighted by Gasteiger charge is -2.11. The van der Waals surface area contributed by atoms with E-state index in [4.69, 9.17) is 4.74 Å². The van der Waals surface area contributed by atoms with E-state index >= 15 is 0 Å². The van der Waals surface area contributed by atoms with Crippen molar-refractivity contribution < 1.29 is 10.5 Å². The molecule has 3 N–H and O–H groups in total. The summed E-state index contributed by atoms with van der Waals surface area (Å²) in [5.41, 5.74) is 5.24. The summed E-state index contributed by atoms with van der Waals surface area (Å²) in [4.78, 5) is 0. The molecule has 0 aliphatic carbocycles. The molecule has 0 aromatic heterocycles. The Kier molecular flexibility index (Phi) is 3.99. The van der Waals surface area contributed by atoms with Crippen molar-refractivity contribution in [1.29, 1.82) is 0 Å². The van der Waals surface area contributed by atoms with Gasteiger partial charge in [0.2, 0.25) is 0 Å². The summed E-state index contributed by atoms with van der Waals surface area (Å²) >= 11 is 0. The van der Waals surface area contributed by atoms with Crippen LogP contribution in [0.3, 0.4) is 0 Å². The van der Waals surface area contributed by atoms with Gasteiger partial charge in [-0.3, -0.25) is 0 Å². The predicted octanol–water partition coefficient (Wildman–Crippen LogP) is 2.76. The normalized spacial score (nSPS) is 10.7. The molecule has 0 atom stereocenters. The summed E-state index contributed by atoms with van der Waals surface area (Å²) < 4.78 is 5.84. The third kappa shape index (κ3) is 2.59. The van der Waals surface area contributed by atoms with Gasteiger partial charge in [-0.2, -0.15) is 0 Å². The van der Waals surface area contributed by atoms with Crippen LogP contribution in [0.4, 0.5) is 0 Å². The third-order valence-corrected chi connectivity index (χ3v) is 3.00. The summed E-state index contributed by atoms with van der Waals surface area (Å²) in [7, 11) is 0. The molecule has 0 amide bonds. The largest absolute Gasteiger partial charge is 0.493 e. The van der Waals surface area contributed by atoms with Gasteiger partial charge in [0, 0.05) is 0 Å². The minimum atomic E-state index is 0.767. The van der Waals surface area contributed by atoms with Crippen LogP contribution in [0.1, 0.15) is 25.3 Å². The van der Waals surface area contributed by atoms with E-state index in [9.17, 15) is 0 Å². The van der Waals surface area contributed by atoms with Crippen LogP contribution in [0, 0.1) is 0 Å². The molecule has 0 saturated heterocycles. The third-order valence-electron chi connectivity index (χ3n) is 3.00. The van der Waals surface area contributed by atoms with Gasteiger partial charge in [-0.25, -0.2) is 0 Å². The first-order valence-corrected chi connectivity index (χ1v) is 6.29. The van der Waals surface area contributed by atoms with Gasteiger partial charge >= 0.3 is 0 Å². The molecule has 0 fully saturated rings. The molecular formula is C15H20NO+. The topological polar surface area (TPSA) is 36.9 Å². The van der Waals surface area contributed by atoms with Gasteiger partial charge in [0.05, 0.1) is 12.2 Å². The first-order chi connectivity index (χ1) is 8.36. The highest BCUT2D eigenvalue weighted by Gasteiger charge is 2.08. The molecule has 2 nitrogen and oxygen atoms in total. The van der Waals surface area contributed by atoms with Crippen molar-refractivity contribution >= 4 is 10.8 Å². The molecule has 0 saturated carbocycles. The SMILES string of the molecule is CCCCOc1ccc2ccccc2c1C[NH3+]. The molecule has 2 aromatic rings. The Morgan fingerprint density at radius 2 is 1.94 bits per heavy atom. The van der Waals surface area contributed by atoms with Gasteiger partial charge in [0.25, 0.3) is 0 Å². The smallest absolute Gasteiger partial charge is 0.128 e. The van der Waals surface area contributed by atoms with Gasteiger partial charge in [0.15, 0.2) is 0 Å². The standard InChI is InChI=1S/C15H19NO/c1-2-3-10-17-15-9-8-12-6-4-5-7-13(12)14(15)11-16/h4-9H,2-3,10-11,16H2,1H3/p+1. The van der Waals surface area contributed by atoms with Crippen LogP contribution in [0.5, 0.6) is 5.75 Å². The maximum atomic E-state index is 5.84. The van der Waals surface area contributed by atoms with Crippen LogP contribution in [-0.2, 0) is 6.54 Å². The highest BCUT2D eigenvalue weighted by atomic mass is 16.5. The second-order valence-electron chi connectivity index (χ2n) is 4.22. The summed E-state index contributed by atoms with van der Waals surface area (Å²) in [6, 6.07) is 12.6. The number of quaternary nitrogens is 1. The lowest BCUT2D eigenvalue weighted by molar-refractivity contribution is -0.386. The van der Waals surface area contributed by atoms with E-state index < -0.39 is 0 Å². The molecule has 0 bridgehead atoms. The summed E-state index contributed by atoms with van der Waals surface area (Å²) in [6.07, 6.45) is 2.26. The summed E-state index contributed by atoms with van der Waals surface area (Å²) in [6.45, 7) is 3.73. The molecule has 0 spiro atoms. The highest BCUT2D eigenvalue weighted by Crippen LogP contribution is 2.27. The van der Waals surface area contributed by atoms with Gasteiger partial charge in [-0.1, -0.05) is 43.7 Å². The number of rotatable bonds is 5. The Morgan fingerprint density at radius 3 is 2.71 bits per heavy atom. The molecule has 0 aliphatic heterocycles. The number of unbranched alkanes of at least 4 members (excludes halogenated alkanes) is 1. The van der Waals surface area contributed by atoms with E-state index in [-0.39, 0.29) is 0 Å². The van der Waals surface area contributed by atoms with Gasteiger partial charge < -0.3 is 10.5 Å². The Balaban J connectivity index is 2.35. The first kappa shape index (κ1) is 11.9. The molecule has 2 aromatic carbocycles. The van der Waals surface area contributed by atoms with Crippen molar-refractivity contribution in [1.82, 2.24) is 0 Å². The van der Waals surface area contributed by atoms with E-state index in [0.29, 0.717) is 0 Å². The maximum Gasteiger partial charge on any atom is 0.128 e. The molecular weight excluding hydrogens is 210 g/mol. The lowest BCUT2D eigenvalue weighted by Crippen LogP contribution is -2.47. The predicted molar refractivity (Wildman–Crippen MR) is 70.9 cm³/mol. The van der Waals surface area contributed by atoms with Crippen molar-refractivity contribution in [3.63, 3.8) is 0 Å². The van der Waals surface area contributed by atoms with Crippen molar-refractivity contribution in [3.8, 4) is 5.75 Å². The molecule has 0 aliphatic rings. The minimum absolute atomic E-state index is 0.767. The van der Waals surface area contributed by atoms with Crippen molar-refractivity contribution in [2.75, 3.05) is 6.61 Å². The Labute approximate surface area is 102 Å². The van der Waals surface area contributed by atoms with Crippen LogP contribution in [0.25, 0.3) is 10.8 Å². The fraction of sp³-hybridized carbons (Fsp3) is 0.333. The molecule has 2 heteroatoms. The zero-order chi connectivity index (χ0) is 12.1. The summed E-state index contributed by atoms with van der Waals surface area (Å²) in [5, 5.41) is 2.52. The average molecular weight is 230 g/mol. The van der Waals surface area contributed by atoms with E-state index in [2.05, 4.69) is 49.1 Å². The monoisotopic (exact) mass is 230 g/mol. The zero-order valence-corrected chi connectivity index (χ0v) is 10.4. The second kappa shape index (κ2) is 5.69. The van der Waals surface area contributed by atoms with Crippen molar-refractivity contribution in [3.05, 3.63) is 42.0 Å². The number of benzene rings is 2. The molecule has 0 heterocycles. The molecule has 2 rings (SSSR count). The Morgan fingerprint density at radius 1 is 1.12 bits per heavy atom. The van der Waals surface area contributed by atoms with E-state index in [1.807, 2.05) is 0 Å². The zero-order valence-electron chi connectivity index (χ0n) is 10.4. The van der Waals surface area contributed by atoms with Gasteiger partial charge in [0.1, 0.15) is 12.3 Å². The van der Waals surface area contributed by atoms with Gasteiger partial charge in [-0.15, -0.1) is 0 Å². The Hall–Kier alpha value is -1.54. The lowest BCUT2D eigenvalue weighted by atomic mass is 10.0. The molecule has 90 valence electrons. The molecule has 0 unspecified atom stereocenters. The molecule has 17 heavy (non-hydrogen) atoms. The van der Waals surface area contributed by atoms with Crippen LogP contribution >= 0.6 is 0 Å². The van der Waals surface area contributed by atoms with Crippen molar-refractivity contribution in [2.45, 2.75) is 26.3 Å². The van der Waals surface area contributed by atoms with Crippen LogP contribution in [0.2, 0.25) is 0 Å². The van der Waals surface area contributed by atoms with Gasteiger partial charge in [-0.05, 0) is 23.3 Å². The fourth-order valence-electron chi connectivity index (χ4n) is 2.04. The number of hydrogen-bond donors (Lipinski definition) is 1. The van der Waals surface area contributed by atoms with Crippen LogP contribution in [0.15, 0.2) is 36.4 Å². The van der Waals surface area contributed by atoms with Crippen LogP contribution < -0.4 is 10.5 Å². The first-order valence-electron chi connectivity index (χ1n) is 6.29. The highest BCUT2D eigenvalue weighted by molar-refractivity contribution is 5.87. The minimum Gasteiger partial charge on any atom is -0.493 e. The van der Waals surface area contributed by atoms with Crippen LogP contribution in [-0.4, -0.2) is 6.61 Å². The van der Waals surface area contributed by atoms with E-state index in [0.717, 1.165) is 31.7 Å². The maximum absolute atomic E-state index is 5.84.